The minimum atomic E-state index is -0.292. The maximum atomic E-state index is 11.4. The van der Waals surface area contributed by atoms with Crippen molar-refractivity contribution in [3.05, 3.63) is 30.3 Å². The van der Waals surface area contributed by atoms with Crippen molar-refractivity contribution in [3.63, 3.8) is 0 Å². The summed E-state index contributed by atoms with van der Waals surface area (Å²) in [5, 5.41) is 0. The van der Waals surface area contributed by atoms with Crippen LogP contribution in [0.25, 0.3) is 0 Å². The first-order chi connectivity index (χ1) is 9.83. The number of para-hydroxylation sites is 1. The molecule has 114 valence electrons. The summed E-state index contributed by atoms with van der Waals surface area (Å²) in [6, 6.07) is 9.30. The molecule has 0 fully saturated rings. The van der Waals surface area contributed by atoms with E-state index in [1.54, 1.807) is 0 Å². The predicted octanol–water partition coefficient (Wildman–Crippen LogP) is 3.71. The molecule has 0 aliphatic carbocycles. The molecule has 0 aliphatic heterocycles. The van der Waals surface area contributed by atoms with Crippen LogP contribution in [0, 0.1) is 0 Å². The molecular formula is C17H27NaO3. The monoisotopic (exact) mass is 302 g/mol. The first-order valence-electron chi connectivity index (χ1n) is 7.66. The van der Waals surface area contributed by atoms with Crippen LogP contribution in [0.3, 0.4) is 0 Å². The van der Waals surface area contributed by atoms with E-state index >= 15 is 0 Å². The number of esters is 1. The fourth-order valence-corrected chi connectivity index (χ4v) is 1.95. The summed E-state index contributed by atoms with van der Waals surface area (Å²) in [5.41, 5.74) is 0. The molecule has 1 aromatic carbocycles. The molecule has 0 amide bonds. The zero-order valence-corrected chi connectivity index (χ0v) is 12.5. The van der Waals surface area contributed by atoms with Gasteiger partial charge in [0.1, 0.15) is 5.75 Å². The summed E-state index contributed by atoms with van der Waals surface area (Å²) in [6.07, 6.45) is 8.53. The molecule has 0 atom stereocenters. The molecular weight excluding hydrogens is 275 g/mol. The van der Waals surface area contributed by atoms with Gasteiger partial charge in [0, 0.05) is 0 Å². The van der Waals surface area contributed by atoms with E-state index in [9.17, 15) is 4.79 Å². The molecule has 21 heavy (non-hydrogen) atoms. The van der Waals surface area contributed by atoms with E-state index in [1.807, 2.05) is 30.3 Å². The van der Waals surface area contributed by atoms with Gasteiger partial charge >= 0.3 is 35.5 Å². The SMILES string of the molecule is CCCCCCCCCOC(=O)COc1ccccc1.[NaH]. The molecule has 0 radical (unpaired) electrons. The number of unbranched alkanes of at least 4 members (excludes halogenated alkanes) is 6. The molecule has 3 nitrogen and oxygen atoms in total. The fraction of sp³-hybridized carbons (Fsp3) is 0.588. The third-order valence-corrected chi connectivity index (χ3v) is 3.11. The number of benzene rings is 1. The van der Waals surface area contributed by atoms with Crippen LogP contribution in [-0.2, 0) is 9.53 Å². The number of carbonyl (C=O) groups is 1. The maximum absolute atomic E-state index is 11.4. The van der Waals surface area contributed by atoms with Gasteiger partial charge in [0.05, 0.1) is 6.61 Å². The number of ether oxygens (including phenoxy) is 2. The predicted molar refractivity (Wildman–Crippen MR) is 88.0 cm³/mol. The van der Waals surface area contributed by atoms with Crippen LogP contribution >= 0.6 is 0 Å². The number of hydrogen-bond acceptors (Lipinski definition) is 3. The van der Waals surface area contributed by atoms with Crippen molar-refractivity contribution in [2.45, 2.75) is 51.9 Å². The molecule has 0 saturated heterocycles. The molecule has 1 aromatic rings. The average molecular weight is 302 g/mol. The molecule has 0 aromatic heterocycles. The standard InChI is InChI=1S/C17H26O3.Na.H/c1-2-3-4-5-6-7-11-14-19-17(18)15-20-16-12-9-8-10-13-16;;/h8-10,12-13H,2-7,11,14-15H2,1H3;;. The summed E-state index contributed by atoms with van der Waals surface area (Å²) in [7, 11) is 0. The number of hydrogen-bond donors (Lipinski definition) is 0. The van der Waals surface area contributed by atoms with Gasteiger partial charge in [-0.25, -0.2) is 4.79 Å². The third kappa shape index (κ3) is 11.8. The topological polar surface area (TPSA) is 35.5 Å². The van der Waals surface area contributed by atoms with Crippen molar-refractivity contribution >= 4 is 35.5 Å². The molecule has 0 aliphatic rings. The molecule has 0 N–H and O–H groups in total. The first-order valence-corrected chi connectivity index (χ1v) is 7.66. The van der Waals surface area contributed by atoms with E-state index in [1.165, 1.54) is 32.1 Å². The Labute approximate surface area is 150 Å². The Bertz CT molecular complexity index is 354. The van der Waals surface area contributed by atoms with Gasteiger partial charge in [0.15, 0.2) is 6.61 Å². The number of carbonyl (C=O) groups excluding carboxylic acids is 1. The molecule has 0 saturated carbocycles. The summed E-state index contributed by atoms with van der Waals surface area (Å²) < 4.78 is 10.4. The molecule has 0 bridgehead atoms. The van der Waals surface area contributed by atoms with Gasteiger partial charge in [-0.1, -0.05) is 63.6 Å². The summed E-state index contributed by atoms with van der Waals surface area (Å²) in [5.74, 6) is 0.403. The number of rotatable bonds is 11. The normalized spacial score (nSPS) is 9.76. The second-order valence-corrected chi connectivity index (χ2v) is 4.94. The third-order valence-electron chi connectivity index (χ3n) is 3.11. The van der Waals surface area contributed by atoms with Crippen LogP contribution in [0.15, 0.2) is 30.3 Å². The second-order valence-electron chi connectivity index (χ2n) is 4.94. The van der Waals surface area contributed by atoms with Crippen LogP contribution in [0.4, 0.5) is 0 Å². The van der Waals surface area contributed by atoms with E-state index in [-0.39, 0.29) is 42.1 Å². The van der Waals surface area contributed by atoms with Gasteiger partial charge in [0.25, 0.3) is 0 Å². The quantitative estimate of drug-likeness (QED) is 0.355. The van der Waals surface area contributed by atoms with Gasteiger partial charge in [-0.3, -0.25) is 0 Å². The van der Waals surface area contributed by atoms with Crippen molar-refractivity contribution < 1.29 is 14.3 Å². The zero-order valence-electron chi connectivity index (χ0n) is 12.5. The van der Waals surface area contributed by atoms with Gasteiger partial charge in [-0.2, -0.15) is 0 Å². The van der Waals surface area contributed by atoms with E-state index in [0.717, 1.165) is 12.8 Å². The Morgan fingerprint density at radius 1 is 0.952 bits per heavy atom. The Kier molecular flexibility index (Phi) is 14.1. The Morgan fingerprint density at radius 3 is 2.24 bits per heavy atom. The van der Waals surface area contributed by atoms with Crippen molar-refractivity contribution in [2.24, 2.45) is 0 Å². The molecule has 0 spiro atoms. The van der Waals surface area contributed by atoms with Crippen LogP contribution in [0.5, 0.6) is 5.75 Å². The van der Waals surface area contributed by atoms with E-state index in [2.05, 4.69) is 6.92 Å². The minimum absolute atomic E-state index is 0. The van der Waals surface area contributed by atoms with Crippen LogP contribution in [-0.4, -0.2) is 48.7 Å². The molecule has 0 unspecified atom stereocenters. The Hall–Kier alpha value is -0.510. The first kappa shape index (κ1) is 20.5. The summed E-state index contributed by atoms with van der Waals surface area (Å²) in [4.78, 5) is 11.4. The Morgan fingerprint density at radius 2 is 1.57 bits per heavy atom. The summed E-state index contributed by atoms with van der Waals surface area (Å²) >= 11 is 0. The van der Waals surface area contributed by atoms with Gasteiger partial charge < -0.3 is 9.47 Å². The second kappa shape index (κ2) is 14.4. The average Bonchev–Trinajstić information content (AvgIpc) is 2.49. The van der Waals surface area contributed by atoms with E-state index in [4.69, 9.17) is 9.47 Å². The van der Waals surface area contributed by atoms with Crippen molar-refractivity contribution in [1.29, 1.82) is 0 Å². The van der Waals surface area contributed by atoms with Crippen molar-refractivity contribution in [2.75, 3.05) is 13.2 Å². The molecule has 4 heteroatoms. The van der Waals surface area contributed by atoms with E-state index < -0.39 is 0 Å². The molecule has 1 rings (SSSR count). The van der Waals surface area contributed by atoms with Gasteiger partial charge in [0.2, 0.25) is 0 Å². The van der Waals surface area contributed by atoms with Crippen molar-refractivity contribution in [1.82, 2.24) is 0 Å². The van der Waals surface area contributed by atoms with Gasteiger partial charge in [-0.15, -0.1) is 0 Å². The van der Waals surface area contributed by atoms with Crippen LogP contribution in [0.1, 0.15) is 51.9 Å². The Balaban J connectivity index is 0.00000400. The summed E-state index contributed by atoms with van der Waals surface area (Å²) in [6.45, 7) is 2.71. The van der Waals surface area contributed by atoms with Crippen LogP contribution < -0.4 is 4.74 Å². The zero-order chi connectivity index (χ0) is 14.5. The van der Waals surface area contributed by atoms with E-state index in [0.29, 0.717) is 12.4 Å². The van der Waals surface area contributed by atoms with Crippen LogP contribution in [0.2, 0.25) is 0 Å². The van der Waals surface area contributed by atoms with Crippen molar-refractivity contribution in [3.8, 4) is 5.75 Å². The molecule has 0 heterocycles. The van der Waals surface area contributed by atoms with Gasteiger partial charge in [-0.05, 0) is 18.6 Å². The fourth-order valence-electron chi connectivity index (χ4n) is 1.95.